The molecule has 0 aliphatic carbocycles. The molecule has 0 saturated carbocycles. The van der Waals surface area contributed by atoms with Crippen LogP contribution in [0.15, 0.2) is 35.7 Å². The molecule has 5 heteroatoms. The summed E-state index contributed by atoms with van der Waals surface area (Å²) in [5.41, 5.74) is 6.57. The van der Waals surface area contributed by atoms with Crippen molar-refractivity contribution in [1.29, 1.82) is 0 Å². The van der Waals surface area contributed by atoms with Gasteiger partial charge in [-0.3, -0.25) is 0 Å². The molecule has 0 radical (unpaired) electrons. The lowest BCUT2D eigenvalue weighted by molar-refractivity contribution is 0.373. The van der Waals surface area contributed by atoms with E-state index in [4.69, 9.17) is 5.73 Å². The predicted octanol–water partition coefficient (Wildman–Crippen LogP) is 3.42. The van der Waals surface area contributed by atoms with Gasteiger partial charge in [-0.25, -0.2) is 8.78 Å². The molecule has 1 aliphatic heterocycles. The minimum atomic E-state index is -0.548. The van der Waals surface area contributed by atoms with Gasteiger partial charge < -0.3 is 10.6 Å². The Hall–Kier alpha value is -1.46. The fraction of sp³-hybridized carbons (Fsp3) is 0.375. The van der Waals surface area contributed by atoms with Gasteiger partial charge in [0.15, 0.2) is 0 Å². The summed E-state index contributed by atoms with van der Waals surface area (Å²) in [4.78, 5) is 3.27. The highest BCUT2D eigenvalue weighted by Crippen LogP contribution is 2.28. The first-order valence-corrected chi connectivity index (χ1v) is 7.98. The molecule has 2 atom stereocenters. The van der Waals surface area contributed by atoms with E-state index in [1.807, 2.05) is 11.0 Å². The van der Waals surface area contributed by atoms with E-state index in [-0.39, 0.29) is 6.04 Å². The highest BCUT2D eigenvalue weighted by molar-refractivity contribution is 7.09. The maximum Gasteiger partial charge on any atom is 0.149 e. The maximum atomic E-state index is 13.9. The maximum absolute atomic E-state index is 13.9. The minimum Gasteiger partial charge on any atom is -0.367 e. The van der Waals surface area contributed by atoms with Gasteiger partial charge in [-0.15, -0.1) is 11.3 Å². The van der Waals surface area contributed by atoms with Crippen LogP contribution in [0.4, 0.5) is 14.5 Å². The average molecular weight is 308 g/mol. The Morgan fingerprint density at radius 1 is 1.24 bits per heavy atom. The summed E-state index contributed by atoms with van der Waals surface area (Å²) in [7, 11) is 0. The monoisotopic (exact) mass is 308 g/mol. The Kier molecular flexibility index (Phi) is 4.22. The zero-order valence-electron chi connectivity index (χ0n) is 11.6. The van der Waals surface area contributed by atoms with Crippen LogP contribution in [0.25, 0.3) is 0 Å². The summed E-state index contributed by atoms with van der Waals surface area (Å²) in [6.07, 6.45) is 1.90. The van der Waals surface area contributed by atoms with E-state index in [9.17, 15) is 8.78 Å². The average Bonchev–Trinajstić information content (AvgIpc) is 2.90. The summed E-state index contributed by atoms with van der Waals surface area (Å²) in [6.45, 7) is 1.37. The van der Waals surface area contributed by atoms with Crippen molar-refractivity contribution in [2.24, 2.45) is 11.7 Å². The molecule has 1 aliphatic rings. The lowest BCUT2D eigenvalue weighted by atomic mass is 9.91. The Balaban J connectivity index is 1.76. The summed E-state index contributed by atoms with van der Waals surface area (Å²) in [6, 6.07) is 7.92. The van der Waals surface area contributed by atoms with E-state index in [0.29, 0.717) is 18.2 Å². The molecule has 2 aromatic rings. The fourth-order valence-electron chi connectivity index (χ4n) is 3.04. The second-order valence-electron chi connectivity index (χ2n) is 5.65. The van der Waals surface area contributed by atoms with Crippen molar-refractivity contribution in [2.45, 2.75) is 18.9 Å². The summed E-state index contributed by atoms with van der Waals surface area (Å²) >= 11 is 1.74. The van der Waals surface area contributed by atoms with E-state index in [2.05, 4.69) is 11.4 Å². The normalized spacial score (nSPS) is 22.5. The van der Waals surface area contributed by atoms with Crippen molar-refractivity contribution in [3.63, 3.8) is 0 Å². The van der Waals surface area contributed by atoms with E-state index >= 15 is 0 Å². The van der Waals surface area contributed by atoms with Gasteiger partial charge in [0, 0.05) is 30.1 Å². The summed E-state index contributed by atoms with van der Waals surface area (Å²) < 4.78 is 27.0. The molecule has 2 N–H and O–H groups in total. The van der Waals surface area contributed by atoms with Crippen LogP contribution in [-0.2, 0) is 6.42 Å². The largest absolute Gasteiger partial charge is 0.367 e. The number of anilines is 1. The molecule has 3 rings (SSSR count). The Morgan fingerprint density at radius 2 is 2.10 bits per heavy atom. The lowest BCUT2D eigenvalue weighted by Crippen LogP contribution is -2.47. The molecule has 112 valence electrons. The van der Waals surface area contributed by atoms with Crippen LogP contribution in [0.1, 0.15) is 11.3 Å². The molecule has 0 amide bonds. The number of hydrogen-bond donors (Lipinski definition) is 1. The molecule has 1 fully saturated rings. The fourth-order valence-corrected chi connectivity index (χ4v) is 3.86. The highest BCUT2D eigenvalue weighted by Gasteiger charge is 2.27. The van der Waals surface area contributed by atoms with Crippen molar-refractivity contribution in [2.75, 3.05) is 18.0 Å². The quantitative estimate of drug-likeness (QED) is 0.941. The molecule has 2 nitrogen and oxygen atoms in total. The first-order chi connectivity index (χ1) is 10.1. The van der Waals surface area contributed by atoms with Crippen LogP contribution >= 0.6 is 11.3 Å². The van der Waals surface area contributed by atoms with E-state index in [0.717, 1.165) is 25.5 Å². The van der Waals surface area contributed by atoms with Crippen molar-refractivity contribution < 1.29 is 8.78 Å². The number of nitrogens with two attached hydrogens (primary N) is 1. The van der Waals surface area contributed by atoms with Gasteiger partial charge in [-0.1, -0.05) is 6.07 Å². The smallest absolute Gasteiger partial charge is 0.149 e. The predicted molar refractivity (Wildman–Crippen MR) is 82.7 cm³/mol. The number of nitrogens with zero attached hydrogens (tertiary/aromatic N) is 1. The highest BCUT2D eigenvalue weighted by atomic mass is 32.1. The SMILES string of the molecule is NC1CC(Cc2cccs2)CN(c2ccc(F)cc2F)C1. The van der Waals surface area contributed by atoms with Crippen LogP contribution in [-0.4, -0.2) is 19.1 Å². The van der Waals surface area contributed by atoms with Gasteiger partial charge in [0.2, 0.25) is 0 Å². The zero-order valence-corrected chi connectivity index (χ0v) is 12.5. The third-order valence-electron chi connectivity index (χ3n) is 3.89. The number of piperidine rings is 1. The van der Waals surface area contributed by atoms with Crippen LogP contribution in [0, 0.1) is 17.6 Å². The first kappa shape index (κ1) is 14.5. The van der Waals surface area contributed by atoms with Crippen molar-refractivity contribution in [3.05, 3.63) is 52.2 Å². The third-order valence-corrected chi connectivity index (χ3v) is 4.79. The second-order valence-corrected chi connectivity index (χ2v) is 6.68. The van der Waals surface area contributed by atoms with Gasteiger partial charge in [0.25, 0.3) is 0 Å². The number of rotatable bonds is 3. The third kappa shape index (κ3) is 3.41. The lowest BCUT2D eigenvalue weighted by Gasteiger charge is -2.38. The van der Waals surface area contributed by atoms with E-state index in [1.165, 1.54) is 17.0 Å². The van der Waals surface area contributed by atoms with Crippen LogP contribution in [0.5, 0.6) is 0 Å². The summed E-state index contributed by atoms with van der Waals surface area (Å²) in [5.74, 6) is -0.663. The first-order valence-electron chi connectivity index (χ1n) is 7.10. The molecule has 1 saturated heterocycles. The van der Waals surface area contributed by atoms with E-state index in [1.54, 1.807) is 11.3 Å². The number of halogens is 2. The van der Waals surface area contributed by atoms with E-state index < -0.39 is 11.6 Å². The van der Waals surface area contributed by atoms with Gasteiger partial charge in [-0.05, 0) is 42.3 Å². The second kappa shape index (κ2) is 6.12. The molecule has 21 heavy (non-hydrogen) atoms. The molecule has 0 bridgehead atoms. The Bertz CT molecular complexity index is 600. The zero-order chi connectivity index (χ0) is 14.8. The van der Waals surface area contributed by atoms with Crippen molar-refractivity contribution in [1.82, 2.24) is 0 Å². The van der Waals surface area contributed by atoms with Crippen molar-refractivity contribution >= 4 is 17.0 Å². The number of benzene rings is 1. The molecular weight excluding hydrogens is 290 g/mol. The topological polar surface area (TPSA) is 29.3 Å². The molecule has 1 aromatic heterocycles. The van der Waals surface area contributed by atoms with Crippen molar-refractivity contribution in [3.8, 4) is 0 Å². The number of hydrogen-bond acceptors (Lipinski definition) is 3. The molecule has 2 unspecified atom stereocenters. The Labute approximate surface area is 127 Å². The van der Waals surface area contributed by atoms with Gasteiger partial charge in [0.1, 0.15) is 11.6 Å². The minimum absolute atomic E-state index is 0.0214. The van der Waals surface area contributed by atoms with Gasteiger partial charge in [-0.2, -0.15) is 0 Å². The summed E-state index contributed by atoms with van der Waals surface area (Å²) in [5, 5.41) is 2.06. The molecule has 0 spiro atoms. The van der Waals surface area contributed by atoms with Crippen LogP contribution in [0.3, 0.4) is 0 Å². The van der Waals surface area contributed by atoms with Crippen LogP contribution < -0.4 is 10.6 Å². The Morgan fingerprint density at radius 3 is 2.81 bits per heavy atom. The molecular formula is C16H18F2N2S. The molecule has 2 heterocycles. The number of thiophene rings is 1. The van der Waals surface area contributed by atoms with Gasteiger partial charge >= 0.3 is 0 Å². The van der Waals surface area contributed by atoms with Crippen LogP contribution in [0.2, 0.25) is 0 Å². The standard InChI is InChI=1S/C16H18F2N2S/c17-12-3-4-16(15(18)8-12)20-9-11(6-13(19)10-20)7-14-2-1-5-21-14/h1-5,8,11,13H,6-7,9-10,19H2. The molecule has 1 aromatic carbocycles. The van der Waals surface area contributed by atoms with Gasteiger partial charge in [0.05, 0.1) is 5.69 Å².